The highest BCUT2D eigenvalue weighted by atomic mass is 16.1. The van der Waals surface area contributed by atoms with Crippen molar-refractivity contribution < 1.29 is 0 Å². The Balaban J connectivity index is 2.69. The zero-order chi connectivity index (χ0) is 10.1. The number of nitriles is 1. The Morgan fingerprint density at radius 2 is 2.36 bits per heavy atom. The van der Waals surface area contributed by atoms with E-state index in [4.69, 9.17) is 5.26 Å². The number of aryl methyl sites for hydroxylation is 1. The first-order chi connectivity index (χ1) is 6.72. The molecule has 0 spiro atoms. The number of rotatable bonds is 1. The SMILES string of the molecule is Cn1c(=O)[nH]c2cc(CC#N)ccc21. The van der Waals surface area contributed by atoms with Gasteiger partial charge in [-0.25, -0.2) is 4.79 Å². The van der Waals surface area contributed by atoms with Gasteiger partial charge >= 0.3 is 5.69 Å². The molecule has 2 aromatic rings. The van der Waals surface area contributed by atoms with E-state index in [-0.39, 0.29) is 5.69 Å². The Labute approximate surface area is 80.4 Å². The summed E-state index contributed by atoms with van der Waals surface area (Å²) in [6, 6.07) is 7.61. The average Bonchev–Trinajstić information content (AvgIpc) is 2.43. The van der Waals surface area contributed by atoms with Crippen LogP contribution in [0.1, 0.15) is 5.56 Å². The molecule has 0 unspecified atom stereocenters. The fourth-order valence-electron chi connectivity index (χ4n) is 1.49. The highest BCUT2D eigenvalue weighted by Gasteiger charge is 2.02. The second-order valence-electron chi connectivity index (χ2n) is 3.18. The lowest BCUT2D eigenvalue weighted by molar-refractivity contribution is 0.891. The molecular formula is C10H9N3O. The number of nitrogens with one attached hydrogen (secondary N) is 1. The number of nitrogens with zero attached hydrogens (tertiary/aromatic N) is 2. The van der Waals surface area contributed by atoms with E-state index in [2.05, 4.69) is 11.1 Å². The van der Waals surface area contributed by atoms with Gasteiger partial charge in [0.25, 0.3) is 0 Å². The third kappa shape index (κ3) is 1.19. The van der Waals surface area contributed by atoms with Gasteiger partial charge in [0.1, 0.15) is 0 Å². The van der Waals surface area contributed by atoms with Crippen molar-refractivity contribution in [1.29, 1.82) is 5.26 Å². The molecule has 2 rings (SSSR count). The van der Waals surface area contributed by atoms with Crippen molar-refractivity contribution in [2.75, 3.05) is 0 Å². The molecule has 0 aliphatic rings. The van der Waals surface area contributed by atoms with Crippen LogP contribution < -0.4 is 5.69 Å². The summed E-state index contributed by atoms with van der Waals surface area (Å²) < 4.78 is 1.55. The second kappa shape index (κ2) is 3.04. The van der Waals surface area contributed by atoms with Gasteiger partial charge < -0.3 is 4.98 Å². The van der Waals surface area contributed by atoms with Gasteiger partial charge in [-0.15, -0.1) is 0 Å². The third-order valence-corrected chi connectivity index (χ3v) is 2.25. The van der Waals surface area contributed by atoms with Crippen LogP contribution in [0, 0.1) is 11.3 Å². The highest BCUT2D eigenvalue weighted by molar-refractivity contribution is 5.75. The van der Waals surface area contributed by atoms with E-state index in [0.29, 0.717) is 6.42 Å². The third-order valence-electron chi connectivity index (χ3n) is 2.25. The van der Waals surface area contributed by atoms with Crippen LogP contribution in [0.2, 0.25) is 0 Å². The van der Waals surface area contributed by atoms with E-state index in [9.17, 15) is 4.79 Å². The standard InChI is InChI=1S/C10H9N3O/c1-13-9-3-2-7(4-5-11)6-8(9)12-10(13)14/h2-3,6H,4H2,1H3,(H,12,14). The van der Waals surface area contributed by atoms with Crippen LogP contribution in [0.4, 0.5) is 0 Å². The quantitative estimate of drug-likeness (QED) is 0.722. The molecule has 0 atom stereocenters. The molecule has 4 heteroatoms. The summed E-state index contributed by atoms with van der Waals surface area (Å²) in [6.45, 7) is 0. The van der Waals surface area contributed by atoms with Crippen molar-refractivity contribution in [3.63, 3.8) is 0 Å². The van der Waals surface area contributed by atoms with E-state index < -0.39 is 0 Å². The first-order valence-electron chi connectivity index (χ1n) is 4.27. The summed E-state index contributed by atoms with van der Waals surface area (Å²) >= 11 is 0. The molecule has 1 N–H and O–H groups in total. The second-order valence-corrected chi connectivity index (χ2v) is 3.18. The summed E-state index contributed by atoms with van der Waals surface area (Å²) in [4.78, 5) is 14.0. The molecule has 0 amide bonds. The van der Waals surface area contributed by atoms with Gasteiger partial charge in [0, 0.05) is 7.05 Å². The van der Waals surface area contributed by atoms with Crippen LogP contribution in [0.3, 0.4) is 0 Å². The highest BCUT2D eigenvalue weighted by Crippen LogP contribution is 2.11. The molecule has 0 saturated carbocycles. The van der Waals surface area contributed by atoms with Crippen molar-refractivity contribution in [2.45, 2.75) is 6.42 Å². The van der Waals surface area contributed by atoms with Gasteiger partial charge in [-0.1, -0.05) is 6.07 Å². The normalized spacial score (nSPS) is 10.3. The molecule has 14 heavy (non-hydrogen) atoms. The van der Waals surface area contributed by atoms with E-state index in [1.165, 1.54) is 0 Å². The van der Waals surface area contributed by atoms with E-state index in [1.54, 1.807) is 11.6 Å². The van der Waals surface area contributed by atoms with Crippen LogP contribution in [-0.2, 0) is 13.5 Å². The van der Waals surface area contributed by atoms with Gasteiger partial charge in [0.2, 0.25) is 0 Å². The van der Waals surface area contributed by atoms with Gasteiger partial charge in [-0.2, -0.15) is 5.26 Å². The fourth-order valence-corrected chi connectivity index (χ4v) is 1.49. The molecule has 1 aromatic heterocycles. The number of benzene rings is 1. The first kappa shape index (κ1) is 8.57. The predicted octanol–water partition coefficient (Wildman–Crippen LogP) is 0.933. The average molecular weight is 187 g/mol. The number of hydrogen-bond donors (Lipinski definition) is 1. The summed E-state index contributed by atoms with van der Waals surface area (Å²) in [6.07, 6.45) is 0.368. The summed E-state index contributed by atoms with van der Waals surface area (Å²) in [5.41, 5.74) is 2.43. The number of H-pyrrole nitrogens is 1. The maximum absolute atomic E-state index is 11.2. The van der Waals surface area contributed by atoms with E-state index >= 15 is 0 Å². The molecular weight excluding hydrogens is 178 g/mol. The zero-order valence-corrected chi connectivity index (χ0v) is 7.74. The number of aromatic amines is 1. The van der Waals surface area contributed by atoms with Crippen LogP contribution >= 0.6 is 0 Å². The van der Waals surface area contributed by atoms with Crippen molar-refractivity contribution in [3.8, 4) is 6.07 Å². The molecule has 1 aromatic carbocycles. The number of fused-ring (bicyclic) bond motifs is 1. The Morgan fingerprint density at radius 1 is 1.57 bits per heavy atom. The van der Waals surface area contributed by atoms with E-state index in [0.717, 1.165) is 16.6 Å². The van der Waals surface area contributed by atoms with Crippen molar-refractivity contribution >= 4 is 11.0 Å². The number of imidazole rings is 1. The van der Waals surface area contributed by atoms with Crippen LogP contribution in [0.15, 0.2) is 23.0 Å². The summed E-state index contributed by atoms with van der Waals surface area (Å²) in [5.74, 6) is 0. The molecule has 4 nitrogen and oxygen atoms in total. The first-order valence-corrected chi connectivity index (χ1v) is 4.27. The Bertz CT molecular complexity index is 571. The Morgan fingerprint density at radius 3 is 3.07 bits per heavy atom. The summed E-state index contributed by atoms with van der Waals surface area (Å²) in [5, 5.41) is 8.52. The molecule has 0 radical (unpaired) electrons. The molecule has 0 fully saturated rings. The Hall–Kier alpha value is -2.02. The molecule has 0 saturated heterocycles. The molecule has 70 valence electrons. The topological polar surface area (TPSA) is 61.6 Å². The molecule has 1 heterocycles. The Kier molecular flexibility index (Phi) is 1.86. The number of aromatic nitrogens is 2. The predicted molar refractivity (Wildman–Crippen MR) is 52.9 cm³/mol. The molecule has 0 aliphatic carbocycles. The fraction of sp³-hybridized carbons (Fsp3) is 0.200. The van der Waals surface area contributed by atoms with Crippen molar-refractivity contribution in [1.82, 2.24) is 9.55 Å². The van der Waals surface area contributed by atoms with Crippen molar-refractivity contribution in [2.24, 2.45) is 7.05 Å². The maximum Gasteiger partial charge on any atom is 0.326 e. The van der Waals surface area contributed by atoms with Crippen LogP contribution in [0.5, 0.6) is 0 Å². The van der Waals surface area contributed by atoms with Crippen LogP contribution in [-0.4, -0.2) is 9.55 Å². The minimum Gasteiger partial charge on any atom is -0.306 e. The smallest absolute Gasteiger partial charge is 0.306 e. The van der Waals surface area contributed by atoms with E-state index in [1.807, 2.05) is 18.2 Å². The van der Waals surface area contributed by atoms with Gasteiger partial charge in [0.05, 0.1) is 23.5 Å². The lowest BCUT2D eigenvalue weighted by atomic mass is 10.1. The van der Waals surface area contributed by atoms with Gasteiger partial charge in [0.15, 0.2) is 0 Å². The lowest BCUT2D eigenvalue weighted by Gasteiger charge is -1.95. The molecule has 0 aliphatic heterocycles. The molecule has 0 bridgehead atoms. The number of hydrogen-bond acceptors (Lipinski definition) is 2. The minimum atomic E-state index is -0.130. The van der Waals surface area contributed by atoms with Crippen molar-refractivity contribution in [3.05, 3.63) is 34.2 Å². The minimum absolute atomic E-state index is 0.130. The maximum atomic E-state index is 11.2. The lowest BCUT2D eigenvalue weighted by Crippen LogP contribution is -2.11. The largest absolute Gasteiger partial charge is 0.326 e. The van der Waals surface area contributed by atoms with Gasteiger partial charge in [-0.3, -0.25) is 4.57 Å². The summed E-state index contributed by atoms with van der Waals surface area (Å²) in [7, 11) is 1.71. The van der Waals surface area contributed by atoms with Gasteiger partial charge in [-0.05, 0) is 17.7 Å². The zero-order valence-electron chi connectivity index (χ0n) is 7.74. The van der Waals surface area contributed by atoms with Crippen LogP contribution in [0.25, 0.3) is 11.0 Å². The monoisotopic (exact) mass is 187 g/mol.